The van der Waals surface area contributed by atoms with Gasteiger partial charge in [0.05, 0.1) is 23.9 Å². The van der Waals surface area contributed by atoms with Gasteiger partial charge in [0, 0.05) is 11.1 Å². The third-order valence-corrected chi connectivity index (χ3v) is 5.95. The summed E-state index contributed by atoms with van der Waals surface area (Å²) in [6.07, 6.45) is 0. The second-order valence-corrected chi connectivity index (χ2v) is 8.00. The molecule has 2 aromatic rings. The van der Waals surface area contributed by atoms with E-state index in [0.717, 1.165) is 4.31 Å². The van der Waals surface area contributed by atoms with Crippen LogP contribution in [0.15, 0.2) is 47.4 Å². The molecule has 9 heteroatoms. The lowest BCUT2D eigenvalue weighted by atomic mass is 10.3. The second kappa shape index (κ2) is 9.30. The molecule has 27 heavy (non-hydrogen) atoms. The molecule has 0 bridgehead atoms. The first kappa shape index (κ1) is 21.3. The third kappa shape index (κ3) is 5.28. The zero-order valence-corrected chi connectivity index (χ0v) is 17.1. The van der Waals surface area contributed by atoms with Gasteiger partial charge in [-0.1, -0.05) is 29.3 Å². The van der Waals surface area contributed by atoms with Crippen molar-refractivity contribution >= 4 is 44.9 Å². The number of nitrogens with zero attached hydrogens (tertiary/aromatic N) is 1. The van der Waals surface area contributed by atoms with Gasteiger partial charge in [-0.15, -0.1) is 0 Å². The standard InChI is InChI=1S/C18H19Cl2NO5S/c1-3-25-15-7-5-6-14(11-15)21(12-18(22)26-4-2)27(23,24)17-10-13(19)8-9-16(17)20/h5-11H,3-4,12H2,1-2H3. The Morgan fingerprint density at radius 3 is 2.48 bits per heavy atom. The summed E-state index contributed by atoms with van der Waals surface area (Å²) in [5.41, 5.74) is 0.241. The number of ether oxygens (including phenoxy) is 2. The Kier molecular flexibility index (Phi) is 7.35. The molecule has 0 radical (unpaired) electrons. The zero-order valence-electron chi connectivity index (χ0n) is 14.8. The number of sulfonamides is 1. The first-order valence-corrected chi connectivity index (χ1v) is 10.4. The van der Waals surface area contributed by atoms with Crippen LogP contribution in [-0.4, -0.2) is 34.1 Å². The highest BCUT2D eigenvalue weighted by molar-refractivity contribution is 7.93. The first-order valence-electron chi connectivity index (χ1n) is 8.15. The lowest BCUT2D eigenvalue weighted by Gasteiger charge is -2.24. The smallest absolute Gasteiger partial charge is 0.326 e. The molecule has 0 atom stereocenters. The van der Waals surface area contributed by atoms with E-state index in [1.54, 1.807) is 25.1 Å². The van der Waals surface area contributed by atoms with Gasteiger partial charge in [-0.25, -0.2) is 8.42 Å². The van der Waals surface area contributed by atoms with Crippen LogP contribution in [0.4, 0.5) is 5.69 Å². The molecule has 0 heterocycles. The summed E-state index contributed by atoms with van der Waals surface area (Å²) in [5, 5.41) is 0.200. The van der Waals surface area contributed by atoms with Crippen molar-refractivity contribution in [2.75, 3.05) is 24.1 Å². The highest BCUT2D eigenvalue weighted by atomic mass is 35.5. The summed E-state index contributed by atoms with van der Waals surface area (Å²) in [7, 11) is -4.19. The Hall–Kier alpha value is -1.96. The maximum absolute atomic E-state index is 13.2. The number of esters is 1. The third-order valence-electron chi connectivity index (χ3n) is 3.46. The minimum atomic E-state index is -4.19. The largest absolute Gasteiger partial charge is 0.494 e. The molecule has 0 amide bonds. The van der Waals surface area contributed by atoms with E-state index < -0.39 is 22.5 Å². The lowest BCUT2D eigenvalue weighted by molar-refractivity contribution is -0.141. The molecule has 2 rings (SSSR count). The van der Waals surface area contributed by atoms with Crippen LogP contribution < -0.4 is 9.04 Å². The van der Waals surface area contributed by atoms with Gasteiger partial charge in [0.2, 0.25) is 0 Å². The number of benzene rings is 2. The SMILES string of the molecule is CCOC(=O)CN(c1cccc(OCC)c1)S(=O)(=O)c1cc(Cl)ccc1Cl. The van der Waals surface area contributed by atoms with Crippen molar-refractivity contribution in [3.63, 3.8) is 0 Å². The van der Waals surface area contributed by atoms with Gasteiger partial charge in [-0.2, -0.15) is 0 Å². The fraction of sp³-hybridized carbons (Fsp3) is 0.278. The first-order chi connectivity index (χ1) is 12.8. The molecular weight excluding hydrogens is 413 g/mol. The molecule has 0 aliphatic rings. The predicted octanol–water partition coefficient (Wildman–Crippen LogP) is 4.15. The van der Waals surface area contributed by atoms with Crippen LogP contribution >= 0.6 is 23.2 Å². The molecule has 0 aliphatic heterocycles. The van der Waals surface area contributed by atoms with Crippen molar-refractivity contribution in [3.8, 4) is 5.75 Å². The Morgan fingerprint density at radius 1 is 1.07 bits per heavy atom. The Balaban J connectivity index is 2.56. The van der Waals surface area contributed by atoms with Crippen LogP contribution in [0.25, 0.3) is 0 Å². The molecule has 0 aliphatic carbocycles. The Morgan fingerprint density at radius 2 is 1.81 bits per heavy atom. The molecule has 0 fully saturated rings. The molecule has 6 nitrogen and oxygen atoms in total. The maximum atomic E-state index is 13.2. The summed E-state index contributed by atoms with van der Waals surface area (Å²) >= 11 is 12.0. The number of rotatable bonds is 8. The average Bonchev–Trinajstić information content (AvgIpc) is 2.62. The normalized spacial score (nSPS) is 11.1. The molecule has 146 valence electrons. The van der Waals surface area contributed by atoms with Crippen LogP contribution in [0.5, 0.6) is 5.75 Å². The van der Waals surface area contributed by atoms with E-state index in [4.69, 9.17) is 32.7 Å². The maximum Gasteiger partial charge on any atom is 0.326 e. The van der Waals surface area contributed by atoms with Gasteiger partial charge in [-0.3, -0.25) is 9.10 Å². The van der Waals surface area contributed by atoms with E-state index in [1.807, 2.05) is 6.92 Å². The van der Waals surface area contributed by atoms with E-state index in [0.29, 0.717) is 12.4 Å². The van der Waals surface area contributed by atoms with Crippen molar-refractivity contribution in [2.24, 2.45) is 0 Å². The molecular formula is C18H19Cl2NO5S. The van der Waals surface area contributed by atoms with Gasteiger partial charge in [0.1, 0.15) is 17.2 Å². The molecule has 0 aromatic heterocycles. The van der Waals surface area contributed by atoms with Crippen LogP contribution in [0.1, 0.15) is 13.8 Å². The van der Waals surface area contributed by atoms with E-state index in [1.165, 1.54) is 24.3 Å². The molecule has 2 aromatic carbocycles. The highest BCUT2D eigenvalue weighted by Gasteiger charge is 2.30. The van der Waals surface area contributed by atoms with Crippen molar-refractivity contribution < 1.29 is 22.7 Å². The Bertz CT molecular complexity index is 918. The number of carbonyl (C=O) groups excluding carboxylic acids is 1. The summed E-state index contributed by atoms with van der Waals surface area (Å²) in [6, 6.07) is 10.5. The van der Waals surface area contributed by atoms with E-state index in [2.05, 4.69) is 0 Å². The summed E-state index contributed by atoms with van der Waals surface area (Å²) in [6.45, 7) is 3.47. The van der Waals surface area contributed by atoms with E-state index >= 15 is 0 Å². The molecule has 0 unspecified atom stereocenters. The average molecular weight is 432 g/mol. The van der Waals surface area contributed by atoms with Crippen LogP contribution in [0.2, 0.25) is 10.0 Å². The highest BCUT2D eigenvalue weighted by Crippen LogP contribution is 2.32. The van der Waals surface area contributed by atoms with E-state index in [-0.39, 0.29) is 27.2 Å². The van der Waals surface area contributed by atoms with Gasteiger partial charge >= 0.3 is 5.97 Å². The minimum Gasteiger partial charge on any atom is -0.494 e. The fourth-order valence-corrected chi connectivity index (χ4v) is 4.47. The molecule has 0 N–H and O–H groups in total. The number of hydrogen-bond donors (Lipinski definition) is 0. The van der Waals surface area contributed by atoms with Crippen molar-refractivity contribution in [1.82, 2.24) is 0 Å². The van der Waals surface area contributed by atoms with Gasteiger partial charge < -0.3 is 9.47 Å². The summed E-state index contributed by atoms with van der Waals surface area (Å²) in [5.74, 6) is -0.225. The topological polar surface area (TPSA) is 72.9 Å². The molecule has 0 spiro atoms. The lowest BCUT2D eigenvalue weighted by Crippen LogP contribution is -2.36. The zero-order chi connectivity index (χ0) is 20.0. The van der Waals surface area contributed by atoms with Crippen LogP contribution in [0.3, 0.4) is 0 Å². The van der Waals surface area contributed by atoms with E-state index in [9.17, 15) is 13.2 Å². The number of hydrogen-bond acceptors (Lipinski definition) is 5. The monoisotopic (exact) mass is 431 g/mol. The summed E-state index contributed by atoms with van der Waals surface area (Å²) in [4.78, 5) is 11.8. The van der Waals surface area contributed by atoms with Crippen molar-refractivity contribution in [2.45, 2.75) is 18.7 Å². The quantitative estimate of drug-likeness (QED) is 0.586. The molecule has 0 saturated heterocycles. The van der Waals surface area contributed by atoms with Gasteiger partial charge in [0.15, 0.2) is 0 Å². The summed E-state index contributed by atoms with van der Waals surface area (Å²) < 4.78 is 37.8. The number of anilines is 1. The van der Waals surface area contributed by atoms with Gasteiger partial charge in [0.25, 0.3) is 10.0 Å². The predicted molar refractivity (Wildman–Crippen MR) is 105 cm³/mol. The second-order valence-electron chi connectivity index (χ2n) is 5.32. The minimum absolute atomic E-state index is 0.00535. The number of halogens is 2. The fourth-order valence-electron chi connectivity index (χ4n) is 2.33. The van der Waals surface area contributed by atoms with Crippen LogP contribution in [0, 0.1) is 0 Å². The number of carbonyl (C=O) groups is 1. The Labute approximate surface area is 168 Å². The van der Waals surface area contributed by atoms with Crippen molar-refractivity contribution in [1.29, 1.82) is 0 Å². The van der Waals surface area contributed by atoms with Gasteiger partial charge in [-0.05, 0) is 44.2 Å². The van der Waals surface area contributed by atoms with Crippen LogP contribution in [-0.2, 0) is 19.6 Å². The molecule has 0 saturated carbocycles. The van der Waals surface area contributed by atoms with Crippen molar-refractivity contribution in [3.05, 3.63) is 52.5 Å².